The highest BCUT2D eigenvalue weighted by molar-refractivity contribution is 8.00. The van der Waals surface area contributed by atoms with Crippen LogP contribution in [0.25, 0.3) is 0 Å². The lowest BCUT2D eigenvalue weighted by molar-refractivity contribution is 0.0946. The largest absolute Gasteiger partial charge is 0.398 e. The van der Waals surface area contributed by atoms with Gasteiger partial charge in [0.05, 0.1) is 0 Å². The fourth-order valence-corrected chi connectivity index (χ4v) is 3.80. The predicted molar refractivity (Wildman–Crippen MR) is 87.3 cm³/mol. The van der Waals surface area contributed by atoms with E-state index in [4.69, 9.17) is 5.73 Å². The second-order valence-corrected chi connectivity index (χ2v) is 6.92. The van der Waals surface area contributed by atoms with Gasteiger partial charge in [-0.05, 0) is 43.7 Å². The summed E-state index contributed by atoms with van der Waals surface area (Å²) in [7, 11) is 0. The number of nitrogens with two attached hydrogens (primary N) is 1. The van der Waals surface area contributed by atoms with Crippen LogP contribution in [0.2, 0.25) is 0 Å². The number of benzene rings is 1. The van der Waals surface area contributed by atoms with E-state index in [0.717, 1.165) is 12.1 Å². The van der Waals surface area contributed by atoms with Gasteiger partial charge in [-0.3, -0.25) is 4.79 Å². The van der Waals surface area contributed by atoms with Crippen molar-refractivity contribution in [2.45, 2.75) is 43.8 Å². The Labute approximate surface area is 125 Å². The van der Waals surface area contributed by atoms with Gasteiger partial charge in [-0.25, -0.2) is 0 Å². The first-order valence-corrected chi connectivity index (χ1v) is 8.49. The lowest BCUT2D eigenvalue weighted by Gasteiger charge is -2.35. The quantitative estimate of drug-likeness (QED) is 0.837. The van der Waals surface area contributed by atoms with Crippen LogP contribution in [0.3, 0.4) is 0 Å². The van der Waals surface area contributed by atoms with Crippen LogP contribution in [0.1, 0.15) is 48.0 Å². The maximum absolute atomic E-state index is 12.3. The molecule has 1 amide bonds. The zero-order chi connectivity index (χ0) is 14.6. The lowest BCUT2D eigenvalue weighted by Crippen LogP contribution is -2.41. The van der Waals surface area contributed by atoms with Crippen LogP contribution in [-0.2, 0) is 0 Å². The average Bonchev–Trinajstić information content (AvgIpc) is 2.48. The number of rotatable bonds is 4. The van der Waals surface area contributed by atoms with E-state index in [2.05, 4.69) is 11.6 Å². The van der Waals surface area contributed by atoms with Crippen molar-refractivity contribution in [2.75, 3.05) is 18.5 Å². The molecule has 1 aromatic carbocycles. The number of carbonyl (C=O) groups is 1. The summed E-state index contributed by atoms with van der Waals surface area (Å²) in [5, 5.41) is 3.11. The molecule has 1 fully saturated rings. The van der Waals surface area contributed by atoms with Crippen molar-refractivity contribution in [1.82, 2.24) is 5.32 Å². The van der Waals surface area contributed by atoms with Crippen LogP contribution in [0.5, 0.6) is 0 Å². The third-order valence-corrected chi connectivity index (χ3v) is 5.81. The molecule has 2 rings (SSSR count). The van der Waals surface area contributed by atoms with Crippen molar-refractivity contribution in [3.05, 3.63) is 29.3 Å². The predicted octanol–water partition coefficient (Wildman–Crippen LogP) is 3.37. The minimum Gasteiger partial charge on any atom is -0.398 e. The molecule has 20 heavy (non-hydrogen) atoms. The summed E-state index contributed by atoms with van der Waals surface area (Å²) in [6.45, 7) is 2.65. The molecular formula is C16H24N2OS. The van der Waals surface area contributed by atoms with Crippen LogP contribution in [-0.4, -0.2) is 23.5 Å². The molecule has 1 aromatic rings. The summed E-state index contributed by atoms with van der Waals surface area (Å²) in [4.78, 5) is 12.3. The molecule has 1 saturated carbocycles. The van der Waals surface area contributed by atoms with Gasteiger partial charge in [-0.1, -0.05) is 25.3 Å². The van der Waals surface area contributed by atoms with Gasteiger partial charge in [0.25, 0.3) is 5.91 Å². The van der Waals surface area contributed by atoms with Gasteiger partial charge >= 0.3 is 0 Å². The van der Waals surface area contributed by atoms with Crippen LogP contribution in [0, 0.1) is 6.92 Å². The van der Waals surface area contributed by atoms with Gasteiger partial charge < -0.3 is 11.1 Å². The molecule has 0 aliphatic heterocycles. The van der Waals surface area contributed by atoms with E-state index in [1.54, 1.807) is 0 Å². The second kappa shape index (κ2) is 6.53. The highest BCUT2D eigenvalue weighted by atomic mass is 32.2. The molecule has 0 spiro atoms. The summed E-state index contributed by atoms with van der Waals surface area (Å²) in [5.74, 6) is -0.00574. The van der Waals surface area contributed by atoms with E-state index in [1.165, 1.54) is 32.1 Å². The van der Waals surface area contributed by atoms with Crippen LogP contribution >= 0.6 is 11.8 Å². The highest BCUT2D eigenvalue weighted by Crippen LogP contribution is 2.38. The summed E-state index contributed by atoms with van der Waals surface area (Å²) in [6.07, 6.45) is 8.42. The van der Waals surface area contributed by atoms with E-state index >= 15 is 0 Å². The Morgan fingerprint density at radius 1 is 1.35 bits per heavy atom. The summed E-state index contributed by atoms with van der Waals surface area (Å²) >= 11 is 1.90. The van der Waals surface area contributed by atoms with Gasteiger partial charge in [0, 0.05) is 22.5 Å². The van der Waals surface area contributed by atoms with Crippen molar-refractivity contribution >= 4 is 23.4 Å². The standard InChI is InChI=1S/C16H24N2OS/c1-12-13(7-6-8-14(12)17)15(19)18-11-16(20-2)9-4-3-5-10-16/h6-8H,3-5,9-11,17H2,1-2H3,(H,18,19). The molecule has 3 nitrogen and oxygen atoms in total. The van der Waals surface area contributed by atoms with E-state index in [9.17, 15) is 4.79 Å². The second-order valence-electron chi connectivity index (χ2n) is 5.65. The molecule has 1 aliphatic carbocycles. The molecule has 0 atom stereocenters. The molecule has 0 aromatic heterocycles. The van der Waals surface area contributed by atoms with Crippen molar-refractivity contribution in [3.63, 3.8) is 0 Å². The SMILES string of the molecule is CSC1(CNC(=O)c2cccc(N)c2C)CCCCC1. The number of nitrogen functional groups attached to an aromatic ring is 1. The summed E-state index contributed by atoms with van der Waals surface area (Å²) < 4.78 is 0.224. The van der Waals surface area contributed by atoms with Crippen molar-refractivity contribution in [3.8, 4) is 0 Å². The minimum atomic E-state index is -0.00574. The number of amides is 1. The first-order chi connectivity index (χ1) is 9.58. The molecule has 110 valence electrons. The fourth-order valence-electron chi connectivity index (χ4n) is 2.89. The number of hydrogen-bond acceptors (Lipinski definition) is 3. The Balaban J connectivity index is 2.02. The fraction of sp³-hybridized carbons (Fsp3) is 0.562. The first-order valence-electron chi connectivity index (χ1n) is 7.26. The zero-order valence-electron chi connectivity index (χ0n) is 12.4. The maximum atomic E-state index is 12.3. The van der Waals surface area contributed by atoms with Crippen molar-refractivity contribution < 1.29 is 4.79 Å². The topological polar surface area (TPSA) is 55.1 Å². The average molecular weight is 292 g/mol. The van der Waals surface area contributed by atoms with E-state index in [0.29, 0.717) is 11.3 Å². The Kier molecular flexibility index (Phi) is 4.97. The molecule has 0 radical (unpaired) electrons. The number of hydrogen-bond donors (Lipinski definition) is 2. The maximum Gasteiger partial charge on any atom is 0.251 e. The molecular weight excluding hydrogens is 268 g/mol. The van der Waals surface area contributed by atoms with Crippen LogP contribution in [0.15, 0.2) is 18.2 Å². The third kappa shape index (κ3) is 3.29. The van der Waals surface area contributed by atoms with Crippen molar-refractivity contribution in [2.24, 2.45) is 0 Å². The van der Waals surface area contributed by atoms with Gasteiger partial charge in [0.2, 0.25) is 0 Å². The van der Waals surface area contributed by atoms with E-state index < -0.39 is 0 Å². The Bertz CT molecular complexity index is 481. The summed E-state index contributed by atoms with van der Waals surface area (Å²) in [6, 6.07) is 5.51. The molecule has 3 N–H and O–H groups in total. The zero-order valence-corrected chi connectivity index (χ0v) is 13.2. The Morgan fingerprint density at radius 2 is 2.05 bits per heavy atom. The van der Waals surface area contributed by atoms with Crippen LogP contribution in [0.4, 0.5) is 5.69 Å². The van der Waals surface area contributed by atoms with Gasteiger partial charge in [0.15, 0.2) is 0 Å². The molecule has 1 aliphatic rings. The number of thioether (sulfide) groups is 1. The van der Waals surface area contributed by atoms with Gasteiger partial charge in [0.1, 0.15) is 0 Å². The van der Waals surface area contributed by atoms with E-state index in [1.807, 2.05) is 36.9 Å². The van der Waals surface area contributed by atoms with Gasteiger partial charge in [-0.15, -0.1) is 0 Å². The minimum absolute atomic E-state index is 0.00574. The molecule has 0 heterocycles. The Morgan fingerprint density at radius 3 is 2.70 bits per heavy atom. The molecule has 4 heteroatoms. The number of nitrogens with one attached hydrogen (secondary N) is 1. The molecule has 0 unspecified atom stereocenters. The molecule has 0 saturated heterocycles. The first kappa shape index (κ1) is 15.2. The number of carbonyl (C=O) groups excluding carboxylic acids is 1. The number of anilines is 1. The monoisotopic (exact) mass is 292 g/mol. The third-order valence-electron chi connectivity index (χ3n) is 4.39. The van der Waals surface area contributed by atoms with Crippen molar-refractivity contribution in [1.29, 1.82) is 0 Å². The lowest BCUT2D eigenvalue weighted by atomic mass is 9.88. The highest BCUT2D eigenvalue weighted by Gasteiger charge is 2.31. The van der Waals surface area contributed by atoms with Gasteiger partial charge in [-0.2, -0.15) is 11.8 Å². The normalized spacial score (nSPS) is 17.7. The molecule has 0 bridgehead atoms. The smallest absolute Gasteiger partial charge is 0.251 e. The Hall–Kier alpha value is -1.16. The summed E-state index contributed by atoms with van der Waals surface area (Å²) in [5.41, 5.74) is 8.10. The van der Waals surface area contributed by atoms with Crippen LogP contribution < -0.4 is 11.1 Å². The van der Waals surface area contributed by atoms with E-state index in [-0.39, 0.29) is 10.7 Å².